The van der Waals surface area contributed by atoms with Crippen LogP contribution in [-0.4, -0.2) is 34.3 Å². The van der Waals surface area contributed by atoms with Gasteiger partial charge in [0, 0.05) is 12.3 Å². The molecule has 0 radical (unpaired) electrons. The molecule has 1 fully saturated rings. The van der Waals surface area contributed by atoms with Crippen LogP contribution in [0.5, 0.6) is 11.6 Å². The van der Waals surface area contributed by atoms with E-state index in [4.69, 9.17) is 4.74 Å². The van der Waals surface area contributed by atoms with Crippen LogP contribution >= 0.6 is 0 Å². The lowest BCUT2D eigenvalue weighted by Gasteiger charge is -2.38. The van der Waals surface area contributed by atoms with Crippen molar-refractivity contribution >= 4 is 5.91 Å². The molecule has 1 aliphatic rings. The summed E-state index contributed by atoms with van der Waals surface area (Å²) in [7, 11) is 1.55. The van der Waals surface area contributed by atoms with Crippen LogP contribution in [0, 0.1) is 12.8 Å². The maximum absolute atomic E-state index is 12.6. The van der Waals surface area contributed by atoms with Gasteiger partial charge in [0.2, 0.25) is 5.88 Å². The summed E-state index contributed by atoms with van der Waals surface area (Å²) < 4.78 is 5.07. The second kappa shape index (κ2) is 7.11. The van der Waals surface area contributed by atoms with Gasteiger partial charge in [-0.05, 0) is 48.9 Å². The summed E-state index contributed by atoms with van der Waals surface area (Å²) in [6, 6.07) is 8.27. The Bertz CT molecular complexity index is 755. The number of aromatic hydroxyl groups is 1. The highest BCUT2D eigenvalue weighted by atomic mass is 16.5. The van der Waals surface area contributed by atoms with Crippen molar-refractivity contribution in [3.63, 3.8) is 0 Å². The number of ether oxygens (including phenoxy) is 1. The third kappa shape index (κ3) is 3.74. The van der Waals surface area contributed by atoms with E-state index in [0.29, 0.717) is 18.7 Å². The smallest absolute Gasteiger partial charge is 0.255 e. The molecule has 1 aromatic carbocycles. The number of hydrogen-bond donors (Lipinski definition) is 3. The molecule has 1 atom stereocenters. The maximum atomic E-state index is 12.6. The minimum Gasteiger partial charge on any atom is -0.507 e. The molecule has 6 heteroatoms. The number of aliphatic hydroxyl groups is 1. The molecule has 1 amide bonds. The van der Waals surface area contributed by atoms with Crippen molar-refractivity contribution in [1.29, 1.82) is 0 Å². The van der Waals surface area contributed by atoms with Gasteiger partial charge in [-0.3, -0.25) is 4.79 Å². The number of carbonyl (C=O) groups is 1. The molecule has 1 heterocycles. The largest absolute Gasteiger partial charge is 0.507 e. The first kappa shape index (κ1) is 17.2. The van der Waals surface area contributed by atoms with Crippen LogP contribution < -0.4 is 10.1 Å². The van der Waals surface area contributed by atoms with E-state index in [9.17, 15) is 15.0 Å². The summed E-state index contributed by atoms with van der Waals surface area (Å²) >= 11 is 0. The first-order valence-corrected chi connectivity index (χ1v) is 8.26. The van der Waals surface area contributed by atoms with Crippen LogP contribution in [0.2, 0.25) is 0 Å². The van der Waals surface area contributed by atoms with Crippen molar-refractivity contribution in [1.82, 2.24) is 10.3 Å². The number of hydrogen-bond acceptors (Lipinski definition) is 5. The van der Waals surface area contributed by atoms with Crippen LogP contribution in [0.25, 0.3) is 0 Å². The normalized spacial score (nSPS) is 20.4. The minimum atomic E-state index is -0.347. The molecule has 1 aliphatic carbocycles. The van der Waals surface area contributed by atoms with Gasteiger partial charge in [0.1, 0.15) is 5.75 Å². The van der Waals surface area contributed by atoms with E-state index in [1.807, 2.05) is 13.0 Å². The molecule has 3 N–H and O–H groups in total. The highest BCUT2D eigenvalue weighted by Crippen LogP contribution is 2.38. The monoisotopic (exact) mass is 342 g/mol. The molecule has 2 aromatic rings. The van der Waals surface area contributed by atoms with Gasteiger partial charge in [-0.25, -0.2) is 4.98 Å². The van der Waals surface area contributed by atoms with Crippen molar-refractivity contribution < 1.29 is 19.7 Å². The quantitative estimate of drug-likeness (QED) is 0.776. The average Bonchev–Trinajstić information content (AvgIpc) is 2.57. The van der Waals surface area contributed by atoms with Crippen LogP contribution in [-0.2, 0) is 0 Å². The fourth-order valence-corrected chi connectivity index (χ4v) is 3.12. The van der Waals surface area contributed by atoms with Crippen LogP contribution in [0.3, 0.4) is 0 Å². The van der Waals surface area contributed by atoms with E-state index in [2.05, 4.69) is 10.3 Å². The fourth-order valence-electron chi connectivity index (χ4n) is 3.12. The van der Waals surface area contributed by atoms with Gasteiger partial charge in [-0.2, -0.15) is 0 Å². The Labute approximate surface area is 146 Å². The minimum absolute atomic E-state index is 0.0437. The number of aliphatic hydroxyl groups excluding tert-OH is 1. The molecule has 0 aliphatic heterocycles. The number of benzene rings is 1. The first-order valence-electron chi connectivity index (χ1n) is 8.26. The van der Waals surface area contributed by atoms with Crippen molar-refractivity contribution in [3.05, 3.63) is 53.2 Å². The van der Waals surface area contributed by atoms with Crippen LogP contribution in [0.1, 0.15) is 40.4 Å². The molecule has 25 heavy (non-hydrogen) atoms. The highest BCUT2D eigenvalue weighted by molar-refractivity contribution is 5.97. The second-order valence-corrected chi connectivity index (χ2v) is 6.49. The summed E-state index contributed by atoms with van der Waals surface area (Å²) in [6.07, 6.45) is 2.58. The Balaban J connectivity index is 1.83. The molecular weight excluding hydrogens is 320 g/mol. The number of phenolic OH excluding ortho intramolecular Hbond substituents is 1. The van der Waals surface area contributed by atoms with E-state index in [0.717, 1.165) is 11.1 Å². The maximum Gasteiger partial charge on any atom is 0.255 e. The van der Waals surface area contributed by atoms with Gasteiger partial charge >= 0.3 is 0 Å². The number of nitrogens with zero attached hydrogens (tertiary/aromatic N) is 1. The highest BCUT2D eigenvalue weighted by Gasteiger charge is 2.36. The Morgan fingerprint density at radius 3 is 2.64 bits per heavy atom. The molecular formula is C19H22N2O4. The predicted molar refractivity (Wildman–Crippen MR) is 92.6 cm³/mol. The summed E-state index contributed by atoms with van der Waals surface area (Å²) in [6.45, 7) is 1.85. The number of methoxy groups -OCH3 is 1. The number of rotatable bonds is 5. The molecule has 1 aromatic heterocycles. The van der Waals surface area contributed by atoms with Gasteiger partial charge in [0.05, 0.1) is 24.8 Å². The molecule has 0 bridgehead atoms. The topological polar surface area (TPSA) is 91.7 Å². The van der Waals surface area contributed by atoms with Crippen molar-refractivity contribution in [2.75, 3.05) is 7.11 Å². The van der Waals surface area contributed by atoms with Gasteiger partial charge in [0.25, 0.3) is 5.91 Å². The SMILES string of the molecule is COc1ccc(C(NC(=O)c2ccc(C)cc2O)C2CC(O)C2)cn1. The van der Waals surface area contributed by atoms with E-state index in [1.165, 1.54) is 0 Å². The number of pyridine rings is 1. The zero-order chi connectivity index (χ0) is 18.0. The third-order valence-corrected chi connectivity index (χ3v) is 4.63. The zero-order valence-corrected chi connectivity index (χ0v) is 14.3. The van der Waals surface area contributed by atoms with E-state index in [-0.39, 0.29) is 35.3 Å². The standard InChI is InChI=1S/C19H22N2O4/c1-11-3-5-15(16(23)7-11)19(24)21-18(13-8-14(22)9-13)12-4-6-17(25-2)20-10-12/h3-7,10,13-14,18,22-23H,8-9H2,1-2H3,(H,21,24). The second-order valence-electron chi connectivity index (χ2n) is 6.49. The van der Waals surface area contributed by atoms with Gasteiger partial charge in [0.15, 0.2) is 0 Å². The average molecular weight is 342 g/mol. The third-order valence-electron chi connectivity index (χ3n) is 4.63. The number of carbonyl (C=O) groups excluding carboxylic acids is 1. The molecule has 1 saturated carbocycles. The number of nitrogens with one attached hydrogen (secondary N) is 1. The Kier molecular flexibility index (Phi) is 4.90. The Morgan fingerprint density at radius 1 is 1.32 bits per heavy atom. The van der Waals surface area contributed by atoms with Crippen LogP contribution in [0.4, 0.5) is 0 Å². The fraction of sp³-hybridized carbons (Fsp3) is 0.368. The zero-order valence-electron chi connectivity index (χ0n) is 14.3. The van der Waals surface area contributed by atoms with Gasteiger partial charge in [-0.15, -0.1) is 0 Å². The van der Waals surface area contributed by atoms with Crippen molar-refractivity contribution in [2.45, 2.75) is 31.9 Å². The molecule has 0 spiro atoms. The molecule has 3 rings (SSSR count). The molecule has 1 unspecified atom stereocenters. The lowest BCUT2D eigenvalue weighted by atomic mass is 9.75. The van der Waals surface area contributed by atoms with Gasteiger partial charge < -0.3 is 20.3 Å². The summed E-state index contributed by atoms with van der Waals surface area (Å²) in [4.78, 5) is 16.8. The van der Waals surface area contributed by atoms with Gasteiger partial charge in [-0.1, -0.05) is 12.1 Å². The lowest BCUT2D eigenvalue weighted by Crippen LogP contribution is -2.41. The number of phenols is 1. The summed E-state index contributed by atoms with van der Waals surface area (Å²) in [5.74, 6) is 0.234. The Hall–Kier alpha value is -2.60. The number of amides is 1. The van der Waals surface area contributed by atoms with E-state index < -0.39 is 0 Å². The number of aromatic nitrogens is 1. The predicted octanol–water partition coefficient (Wildman–Crippen LogP) is 2.35. The summed E-state index contributed by atoms with van der Waals surface area (Å²) in [5.41, 5.74) is 1.96. The molecule has 0 saturated heterocycles. The molecule has 6 nitrogen and oxygen atoms in total. The first-order chi connectivity index (χ1) is 12.0. The molecule has 132 valence electrons. The lowest BCUT2D eigenvalue weighted by molar-refractivity contribution is 0.0234. The Morgan fingerprint density at radius 2 is 2.08 bits per heavy atom. The summed E-state index contributed by atoms with van der Waals surface area (Å²) in [5, 5.41) is 22.6. The number of aryl methyl sites for hydroxylation is 1. The van der Waals surface area contributed by atoms with E-state index >= 15 is 0 Å². The van der Waals surface area contributed by atoms with Crippen molar-refractivity contribution in [3.8, 4) is 11.6 Å². The van der Waals surface area contributed by atoms with Crippen LogP contribution in [0.15, 0.2) is 36.5 Å². The van der Waals surface area contributed by atoms with Crippen molar-refractivity contribution in [2.24, 2.45) is 5.92 Å². The van der Waals surface area contributed by atoms with E-state index in [1.54, 1.807) is 37.6 Å².